The van der Waals surface area contributed by atoms with Crippen molar-refractivity contribution in [3.63, 3.8) is 0 Å². The van der Waals surface area contributed by atoms with Gasteiger partial charge in [0.25, 0.3) is 5.69 Å². The minimum atomic E-state index is -0.461. The summed E-state index contributed by atoms with van der Waals surface area (Å²) in [4.78, 5) is 12.2. The number of hydrogen-bond acceptors (Lipinski definition) is 4. The van der Waals surface area contributed by atoms with Gasteiger partial charge in [0.15, 0.2) is 0 Å². The van der Waals surface area contributed by atoms with Crippen molar-refractivity contribution in [1.29, 1.82) is 5.26 Å². The second kappa shape index (κ2) is 7.75. The topological polar surface area (TPSA) is 70.2 Å². The zero-order chi connectivity index (χ0) is 17.5. The van der Waals surface area contributed by atoms with Crippen molar-refractivity contribution in [1.82, 2.24) is 0 Å². The average Bonchev–Trinajstić information content (AvgIpc) is 2.59. The lowest BCUT2D eigenvalue weighted by atomic mass is 10.1. The van der Waals surface area contributed by atoms with Crippen LogP contribution in [0.25, 0.3) is 11.6 Å². The molecule has 0 spiro atoms. The SMILES string of the molecule is CN(C)c1ccc(/C=C/C=C(\C#N)c2ccc([N+](=O)[O-])cc2)cc1. The van der Waals surface area contributed by atoms with E-state index in [-0.39, 0.29) is 5.69 Å². The van der Waals surface area contributed by atoms with E-state index in [1.54, 1.807) is 24.3 Å². The summed E-state index contributed by atoms with van der Waals surface area (Å²) in [7, 11) is 3.97. The predicted octanol–water partition coefficient (Wildman–Crippen LogP) is 4.28. The van der Waals surface area contributed by atoms with E-state index >= 15 is 0 Å². The van der Waals surface area contributed by atoms with Crippen molar-refractivity contribution < 1.29 is 4.92 Å². The van der Waals surface area contributed by atoms with Crippen LogP contribution < -0.4 is 4.90 Å². The van der Waals surface area contributed by atoms with Gasteiger partial charge in [-0.1, -0.05) is 24.3 Å². The van der Waals surface area contributed by atoms with Crippen molar-refractivity contribution in [2.45, 2.75) is 0 Å². The van der Waals surface area contributed by atoms with Crippen LogP contribution in [0.2, 0.25) is 0 Å². The number of anilines is 1. The van der Waals surface area contributed by atoms with Crippen LogP contribution in [0.5, 0.6) is 0 Å². The summed E-state index contributed by atoms with van der Waals surface area (Å²) >= 11 is 0. The predicted molar refractivity (Wildman–Crippen MR) is 96.5 cm³/mol. The fraction of sp³-hybridized carbons (Fsp3) is 0.105. The van der Waals surface area contributed by atoms with Gasteiger partial charge in [0.05, 0.1) is 16.6 Å². The number of nitrogens with zero attached hydrogens (tertiary/aromatic N) is 3. The third kappa shape index (κ3) is 4.31. The molecule has 2 rings (SSSR count). The van der Waals surface area contributed by atoms with Gasteiger partial charge >= 0.3 is 0 Å². The quantitative estimate of drug-likeness (QED) is 0.357. The van der Waals surface area contributed by atoms with E-state index < -0.39 is 4.92 Å². The Bertz CT molecular complexity index is 811. The van der Waals surface area contributed by atoms with Crippen molar-refractivity contribution >= 4 is 23.0 Å². The van der Waals surface area contributed by atoms with Crippen molar-refractivity contribution in [3.05, 3.63) is 81.9 Å². The van der Waals surface area contributed by atoms with Crippen LogP contribution in [0.4, 0.5) is 11.4 Å². The van der Waals surface area contributed by atoms with E-state index in [0.717, 1.165) is 11.3 Å². The number of nitriles is 1. The number of non-ortho nitro benzene ring substituents is 1. The molecule has 5 nitrogen and oxygen atoms in total. The minimum Gasteiger partial charge on any atom is -0.378 e. The summed E-state index contributed by atoms with van der Waals surface area (Å²) in [6.07, 6.45) is 5.40. The maximum absolute atomic E-state index is 10.7. The Kier molecular flexibility index (Phi) is 5.48. The van der Waals surface area contributed by atoms with E-state index in [2.05, 4.69) is 6.07 Å². The van der Waals surface area contributed by atoms with Gasteiger partial charge in [-0.25, -0.2) is 0 Å². The average molecular weight is 319 g/mol. The molecule has 0 aliphatic heterocycles. The molecule has 0 atom stereocenters. The molecule has 0 unspecified atom stereocenters. The summed E-state index contributed by atoms with van der Waals surface area (Å²) in [6.45, 7) is 0. The van der Waals surface area contributed by atoms with Crippen LogP contribution in [-0.4, -0.2) is 19.0 Å². The summed E-state index contributed by atoms with van der Waals surface area (Å²) < 4.78 is 0. The molecule has 0 saturated heterocycles. The molecular formula is C19H17N3O2. The van der Waals surface area contributed by atoms with Crippen molar-refractivity contribution in [2.75, 3.05) is 19.0 Å². The molecule has 0 aliphatic rings. The highest BCUT2D eigenvalue weighted by Crippen LogP contribution is 2.19. The Morgan fingerprint density at radius 1 is 1.12 bits per heavy atom. The van der Waals surface area contributed by atoms with Gasteiger partial charge in [-0.3, -0.25) is 10.1 Å². The Hall–Kier alpha value is -3.39. The molecule has 120 valence electrons. The molecule has 0 fully saturated rings. The molecule has 0 bridgehead atoms. The number of rotatable bonds is 5. The monoisotopic (exact) mass is 319 g/mol. The number of benzene rings is 2. The molecule has 2 aromatic carbocycles. The highest BCUT2D eigenvalue weighted by molar-refractivity contribution is 5.79. The number of nitro groups is 1. The summed E-state index contributed by atoms with van der Waals surface area (Å²) in [6, 6.07) is 16.1. The fourth-order valence-corrected chi connectivity index (χ4v) is 2.10. The van der Waals surface area contributed by atoms with E-state index in [1.165, 1.54) is 12.1 Å². The molecule has 0 radical (unpaired) electrons. The van der Waals surface area contributed by atoms with Gasteiger partial charge in [-0.15, -0.1) is 0 Å². The molecule has 24 heavy (non-hydrogen) atoms. The van der Waals surface area contributed by atoms with Gasteiger partial charge in [0.2, 0.25) is 0 Å². The van der Waals surface area contributed by atoms with Gasteiger partial charge in [-0.05, 0) is 41.5 Å². The maximum Gasteiger partial charge on any atom is 0.269 e. The first kappa shape index (κ1) is 17.0. The molecule has 0 amide bonds. The van der Waals surface area contributed by atoms with Gasteiger partial charge in [0, 0.05) is 31.9 Å². The number of hydrogen-bond donors (Lipinski definition) is 0. The van der Waals surface area contributed by atoms with Crippen LogP contribution >= 0.6 is 0 Å². The smallest absolute Gasteiger partial charge is 0.269 e. The third-order valence-corrected chi connectivity index (χ3v) is 3.47. The highest BCUT2D eigenvalue weighted by atomic mass is 16.6. The first-order valence-electron chi connectivity index (χ1n) is 7.32. The van der Waals surface area contributed by atoms with Gasteiger partial charge in [-0.2, -0.15) is 5.26 Å². The summed E-state index contributed by atoms with van der Waals surface area (Å²) in [5, 5.41) is 19.9. The normalized spacial score (nSPS) is 11.3. The molecule has 2 aromatic rings. The minimum absolute atomic E-state index is 0.00700. The second-order valence-electron chi connectivity index (χ2n) is 5.34. The van der Waals surface area contributed by atoms with E-state index in [9.17, 15) is 15.4 Å². The molecule has 0 N–H and O–H groups in total. The largest absolute Gasteiger partial charge is 0.378 e. The van der Waals surface area contributed by atoms with Gasteiger partial charge in [0.1, 0.15) is 0 Å². The first-order chi connectivity index (χ1) is 11.5. The van der Waals surface area contributed by atoms with E-state index in [1.807, 2.05) is 49.3 Å². The second-order valence-corrected chi connectivity index (χ2v) is 5.34. The van der Waals surface area contributed by atoms with E-state index in [0.29, 0.717) is 11.1 Å². The lowest BCUT2D eigenvalue weighted by Crippen LogP contribution is -2.07. The first-order valence-corrected chi connectivity index (χ1v) is 7.32. The fourth-order valence-electron chi connectivity index (χ4n) is 2.10. The lowest BCUT2D eigenvalue weighted by Gasteiger charge is -2.11. The molecule has 0 heterocycles. The standard InChI is InChI=1S/C19H17N3O2/c1-21(2)18-10-6-15(7-11-18)4-3-5-17(14-20)16-8-12-19(13-9-16)22(23)24/h3-13H,1-2H3/b4-3+,17-5+. The Morgan fingerprint density at radius 2 is 1.75 bits per heavy atom. The Labute approximate surface area is 140 Å². The third-order valence-electron chi connectivity index (χ3n) is 3.47. The Balaban J connectivity index is 2.15. The molecular weight excluding hydrogens is 302 g/mol. The number of allylic oxidation sites excluding steroid dienone is 3. The van der Waals surface area contributed by atoms with Crippen molar-refractivity contribution in [2.24, 2.45) is 0 Å². The lowest BCUT2D eigenvalue weighted by molar-refractivity contribution is -0.384. The maximum atomic E-state index is 10.7. The number of nitro benzene ring substituents is 1. The molecule has 0 saturated carbocycles. The summed E-state index contributed by atoms with van der Waals surface area (Å²) in [5.74, 6) is 0. The van der Waals surface area contributed by atoms with Crippen LogP contribution in [-0.2, 0) is 0 Å². The van der Waals surface area contributed by atoms with E-state index in [4.69, 9.17) is 0 Å². The molecule has 0 aromatic heterocycles. The van der Waals surface area contributed by atoms with Crippen LogP contribution in [0.1, 0.15) is 11.1 Å². The molecule has 0 aliphatic carbocycles. The Morgan fingerprint density at radius 3 is 2.25 bits per heavy atom. The van der Waals surface area contributed by atoms with Gasteiger partial charge < -0.3 is 4.90 Å². The summed E-state index contributed by atoms with van der Waals surface area (Å²) in [5.41, 5.74) is 3.25. The van der Waals surface area contributed by atoms with Crippen molar-refractivity contribution in [3.8, 4) is 6.07 Å². The zero-order valence-electron chi connectivity index (χ0n) is 13.5. The van der Waals surface area contributed by atoms with Crippen LogP contribution in [0, 0.1) is 21.4 Å². The van der Waals surface area contributed by atoms with Crippen LogP contribution in [0.3, 0.4) is 0 Å². The molecule has 5 heteroatoms. The highest BCUT2D eigenvalue weighted by Gasteiger charge is 2.05. The zero-order valence-corrected chi connectivity index (χ0v) is 13.5. The van der Waals surface area contributed by atoms with Crippen LogP contribution in [0.15, 0.2) is 60.7 Å².